The van der Waals surface area contributed by atoms with Crippen LogP contribution in [0.2, 0.25) is 0 Å². The van der Waals surface area contributed by atoms with E-state index < -0.39 is 6.04 Å². The van der Waals surface area contributed by atoms with Gasteiger partial charge in [-0.2, -0.15) is 0 Å². The number of aromatic amines is 1. The number of hydrogen-bond acceptors (Lipinski definition) is 5. The molecule has 0 radical (unpaired) electrons. The molecule has 6 nitrogen and oxygen atoms in total. The normalized spacial score (nSPS) is 23.7. The van der Waals surface area contributed by atoms with E-state index in [2.05, 4.69) is 38.4 Å². The van der Waals surface area contributed by atoms with Gasteiger partial charge in [-0.05, 0) is 53.8 Å². The Kier molecular flexibility index (Phi) is 6.03. The number of carbonyl (C=O) groups excluding carboxylic acids is 1. The quantitative estimate of drug-likeness (QED) is 0.397. The number of halogens is 1. The Labute approximate surface area is 209 Å². The number of para-hydroxylation sites is 1. The molecule has 2 N–H and O–H groups in total. The molecule has 6 rings (SSSR count). The van der Waals surface area contributed by atoms with Crippen molar-refractivity contribution in [1.29, 1.82) is 0 Å². The Hall–Kier alpha value is -3.55. The molecule has 1 saturated heterocycles. The van der Waals surface area contributed by atoms with Gasteiger partial charge in [-0.3, -0.25) is 14.7 Å². The van der Waals surface area contributed by atoms with Gasteiger partial charge in [0.25, 0.3) is 0 Å². The summed E-state index contributed by atoms with van der Waals surface area (Å²) in [5, 5.41) is 4.89. The van der Waals surface area contributed by atoms with Crippen molar-refractivity contribution in [2.24, 2.45) is 0 Å². The van der Waals surface area contributed by atoms with Crippen LogP contribution in [0.3, 0.4) is 0 Å². The summed E-state index contributed by atoms with van der Waals surface area (Å²) >= 11 is 0. The summed E-state index contributed by atoms with van der Waals surface area (Å²) < 4.78 is 19.1. The highest BCUT2D eigenvalue weighted by Crippen LogP contribution is 2.48. The lowest BCUT2D eigenvalue weighted by Gasteiger charge is -2.50. The van der Waals surface area contributed by atoms with E-state index in [1.165, 1.54) is 24.8 Å². The Morgan fingerprint density at radius 1 is 1.11 bits per heavy atom. The van der Waals surface area contributed by atoms with Crippen molar-refractivity contribution < 1.29 is 13.9 Å². The Morgan fingerprint density at radius 2 is 1.92 bits per heavy atom. The van der Waals surface area contributed by atoms with E-state index >= 15 is 0 Å². The van der Waals surface area contributed by atoms with Crippen LogP contribution in [0.15, 0.2) is 73.1 Å². The Balaban J connectivity index is 1.43. The predicted octanol–water partition coefficient (Wildman–Crippen LogP) is 4.84. The van der Waals surface area contributed by atoms with E-state index in [0.717, 1.165) is 40.6 Å². The number of rotatable bonds is 5. The fourth-order valence-electron chi connectivity index (χ4n) is 6.09. The second-order valence-electron chi connectivity index (χ2n) is 9.75. The van der Waals surface area contributed by atoms with Gasteiger partial charge >= 0.3 is 5.97 Å². The van der Waals surface area contributed by atoms with Crippen LogP contribution < -0.4 is 5.32 Å². The van der Waals surface area contributed by atoms with Crippen LogP contribution >= 0.6 is 0 Å². The molecule has 0 aliphatic carbocycles. The molecule has 1 fully saturated rings. The third kappa shape index (κ3) is 4.08. The molecule has 0 bridgehead atoms. The van der Waals surface area contributed by atoms with E-state index in [0.29, 0.717) is 13.0 Å². The van der Waals surface area contributed by atoms with Gasteiger partial charge in [0.2, 0.25) is 0 Å². The first kappa shape index (κ1) is 22.9. The molecule has 0 saturated carbocycles. The first-order chi connectivity index (χ1) is 17.6. The number of nitrogens with zero attached hydrogens (tertiary/aromatic N) is 2. The maximum atomic E-state index is 13.8. The number of hydrogen-bond donors (Lipinski definition) is 2. The highest BCUT2D eigenvalue weighted by molar-refractivity contribution is 5.87. The average Bonchev–Trinajstić information content (AvgIpc) is 3.30. The van der Waals surface area contributed by atoms with Gasteiger partial charge in [-0.15, -0.1) is 0 Å². The first-order valence-electron chi connectivity index (χ1n) is 12.4. The Morgan fingerprint density at radius 3 is 2.69 bits per heavy atom. The van der Waals surface area contributed by atoms with Gasteiger partial charge in [0.05, 0.1) is 13.2 Å². The first-order valence-corrected chi connectivity index (χ1v) is 12.4. The SMILES string of the molecule is COC(=O)C1Cc2c([nH]c3ccccc23)C2CC(NCc3cccnc3)CC(c3ccc(F)cc3)N12. The summed E-state index contributed by atoms with van der Waals surface area (Å²) in [7, 11) is 1.46. The second-order valence-corrected chi connectivity index (χ2v) is 9.75. The predicted molar refractivity (Wildman–Crippen MR) is 136 cm³/mol. The molecule has 2 aromatic carbocycles. The van der Waals surface area contributed by atoms with E-state index in [4.69, 9.17) is 4.74 Å². The molecule has 4 heterocycles. The smallest absolute Gasteiger partial charge is 0.323 e. The van der Waals surface area contributed by atoms with Crippen molar-refractivity contribution in [2.45, 2.75) is 50.0 Å². The van der Waals surface area contributed by atoms with Gasteiger partial charge in [0, 0.05) is 54.0 Å². The van der Waals surface area contributed by atoms with Crippen molar-refractivity contribution >= 4 is 16.9 Å². The third-order valence-corrected chi connectivity index (χ3v) is 7.72. The number of pyridine rings is 1. The van der Waals surface area contributed by atoms with E-state index in [-0.39, 0.29) is 29.9 Å². The lowest BCUT2D eigenvalue weighted by atomic mass is 9.79. The molecule has 36 heavy (non-hydrogen) atoms. The monoisotopic (exact) mass is 484 g/mol. The fourth-order valence-corrected chi connectivity index (χ4v) is 6.09. The van der Waals surface area contributed by atoms with Crippen molar-refractivity contribution in [3.8, 4) is 0 Å². The third-order valence-electron chi connectivity index (χ3n) is 7.72. The molecule has 7 heteroatoms. The Bertz CT molecular complexity index is 1370. The van der Waals surface area contributed by atoms with Crippen LogP contribution in [-0.4, -0.2) is 40.0 Å². The fraction of sp³-hybridized carbons (Fsp3) is 0.310. The van der Waals surface area contributed by atoms with E-state index in [1.807, 2.05) is 36.5 Å². The van der Waals surface area contributed by atoms with Crippen molar-refractivity contribution in [2.75, 3.05) is 7.11 Å². The minimum atomic E-state index is -0.416. The van der Waals surface area contributed by atoms with Crippen LogP contribution in [-0.2, 0) is 22.5 Å². The minimum absolute atomic E-state index is 0.0135. The maximum absolute atomic E-state index is 13.8. The highest BCUT2D eigenvalue weighted by Gasteiger charge is 2.48. The number of esters is 1. The summed E-state index contributed by atoms with van der Waals surface area (Å²) in [6.45, 7) is 0.710. The van der Waals surface area contributed by atoms with E-state index in [1.54, 1.807) is 6.20 Å². The highest BCUT2D eigenvalue weighted by atomic mass is 19.1. The second kappa shape index (κ2) is 9.48. The molecule has 2 aliphatic heterocycles. The summed E-state index contributed by atoms with van der Waals surface area (Å²) in [6, 6.07) is 18.7. The number of fused-ring (bicyclic) bond motifs is 5. The molecule has 4 atom stereocenters. The molecule has 184 valence electrons. The van der Waals surface area contributed by atoms with Gasteiger partial charge in [0.1, 0.15) is 11.9 Å². The lowest BCUT2D eigenvalue weighted by Crippen LogP contribution is -2.55. The van der Waals surface area contributed by atoms with Crippen molar-refractivity contribution in [1.82, 2.24) is 20.2 Å². The number of H-pyrrole nitrogens is 1. The average molecular weight is 485 g/mol. The minimum Gasteiger partial charge on any atom is -0.468 e. The van der Waals surface area contributed by atoms with Crippen LogP contribution in [0.5, 0.6) is 0 Å². The van der Waals surface area contributed by atoms with Crippen LogP contribution in [0, 0.1) is 5.82 Å². The topological polar surface area (TPSA) is 70.2 Å². The summed E-state index contributed by atoms with van der Waals surface area (Å²) in [5.74, 6) is -0.497. The summed E-state index contributed by atoms with van der Waals surface area (Å²) in [6.07, 6.45) is 5.87. The standard InChI is InChI=1S/C29H29FN4O2/c1-36-29(35)27-15-23-22-6-2-3-7-24(22)33-28(23)26-14-21(32-17-18-5-4-12-31-16-18)13-25(34(26)27)19-8-10-20(30)11-9-19/h2-12,16,21,25-27,32-33H,13-15,17H2,1H3. The summed E-state index contributed by atoms with van der Waals surface area (Å²) in [4.78, 5) is 23.4. The zero-order chi connectivity index (χ0) is 24.6. The zero-order valence-corrected chi connectivity index (χ0v) is 20.2. The maximum Gasteiger partial charge on any atom is 0.323 e. The number of benzene rings is 2. The van der Waals surface area contributed by atoms with Crippen molar-refractivity contribution in [3.05, 3.63) is 101 Å². The van der Waals surface area contributed by atoms with E-state index in [9.17, 15) is 9.18 Å². The van der Waals surface area contributed by atoms with Crippen molar-refractivity contribution in [3.63, 3.8) is 0 Å². The molecule has 0 amide bonds. The molecule has 0 spiro atoms. The molecule has 2 aromatic heterocycles. The number of ether oxygens (including phenoxy) is 1. The zero-order valence-electron chi connectivity index (χ0n) is 20.2. The number of nitrogens with one attached hydrogen (secondary N) is 2. The molecular weight excluding hydrogens is 455 g/mol. The van der Waals surface area contributed by atoms with Crippen LogP contribution in [0.1, 0.15) is 47.3 Å². The van der Waals surface area contributed by atoms with Gasteiger partial charge < -0.3 is 15.0 Å². The molecular formula is C29H29FN4O2. The molecule has 4 aromatic rings. The number of carbonyl (C=O) groups is 1. The number of methoxy groups -OCH3 is 1. The largest absolute Gasteiger partial charge is 0.468 e. The van der Waals surface area contributed by atoms with Gasteiger partial charge in [0.15, 0.2) is 0 Å². The number of aromatic nitrogens is 2. The lowest BCUT2D eigenvalue weighted by molar-refractivity contribution is -0.152. The van der Waals surface area contributed by atoms with Gasteiger partial charge in [-0.1, -0.05) is 36.4 Å². The summed E-state index contributed by atoms with van der Waals surface area (Å²) in [5.41, 5.74) is 5.56. The molecule has 2 aliphatic rings. The van der Waals surface area contributed by atoms with Crippen LogP contribution in [0.25, 0.3) is 10.9 Å². The molecule has 4 unspecified atom stereocenters. The number of piperidine rings is 1. The van der Waals surface area contributed by atoms with Crippen LogP contribution in [0.4, 0.5) is 4.39 Å². The van der Waals surface area contributed by atoms with Gasteiger partial charge in [-0.25, -0.2) is 4.39 Å².